The predicted molar refractivity (Wildman–Crippen MR) is 89.0 cm³/mol. The standard InChI is InChI=1S/C15H15N3OS2/c1-8-9(2)21-15-13(8)14(16)17-12(18-15)7-20-11-6-4-3-5-10(11)19/h3-6,19H,7H2,1-2H3,(H2,16,17,18). The molecule has 3 N–H and O–H groups in total. The number of nitrogens with two attached hydrogens (primary N) is 1. The third kappa shape index (κ3) is 2.69. The van der Waals surface area contributed by atoms with Crippen LogP contribution in [0.3, 0.4) is 0 Å². The summed E-state index contributed by atoms with van der Waals surface area (Å²) >= 11 is 3.14. The minimum absolute atomic E-state index is 0.277. The molecule has 0 saturated heterocycles. The van der Waals surface area contributed by atoms with Crippen LogP contribution in [0.1, 0.15) is 16.3 Å². The first-order valence-electron chi connectivity index (χ1n) is 6.49. The molecule has 3 aromatic rings. The average Bonchev–Trinajstić information content (AvgIpc) is 2.73. The molecule has 0 radical (unpaired) electrons. The third-order valence-electron chi connectivity index (χ3n) is 3.33. The number of rotatable bonds is 3. The lowest BCUT2D eigenvalue weighted by Crippen LogP contribution is -1.99. The topological polar surface area (TPSA) is 72.0 Å². The van der Waals surface area contributed by atoms with Crippen LogP contribution in [0.4, 0.5) is 5.82 Å². The molecular formula is C15H15N3OS2. The van der Waals surface area contributed by atoms with Gasteiger partial charge in [-0.3, -0.25) is 0 Å². The Hall–Kier alpha value is -1.79. The zero-order valence-electron chi connectivity index (χ0n) is 11.8. The van der Waals surface area contributed by atoms with Gasteiger partial charge in [-0.1, -0.05) is 12.1 Å². The Bertz CT molecular complexity index is 814. The van der Waals surface area contributed by atoms with E-state index in [9.17, 15) is 5.11 Å². The number of fused-ring (bicyclic) bond motifs is 1. The number of aryl methyl sites for hydroxylation is 2. The van der Waals surface area contributed by atoms with Gasteiger partial charge in [0.15, 0.2) is 0 Å². The minimum atomic E-state index is 0.277. The van der Waals surface area contributed by atoms with E-state index in [1.807, 2.05) is 19.1 Å². The van der Waals surface area contributed by atoms with Crippen molar-refractivity contribution in [2.75, 3.05) is 5.73 Å². The van der Waals surface area contributed by atoms with E-state index < -0.39 is 0 Å². The Morgan fingerprint density at radius 3 is 2.76 bits per heavy atom. The van der Waals surface area contributed by atoms with Crippen LogP contribution < -0.4 is 5.73 Å². The molecule has 0 aliphatic rings. The molecule has 2 heterocycles. The summed E-state index contributed by atoms with van der Waals surface area (Å²) in [6, 6.07) is 7.25. The van der Waals surface area contributed by atoms with Gasteiger partial charge in [0.05, 0.1) is 11.1 Å². The maximum atomic E-state index is 9.77. The highest BCUT2D eigenvalue weighted by Gasteiger charge is 2.13. The largest absolute Gasteiger partial charge is 0.507 e. The van der Waals surface area contributed by atoms with Crippen LogP contribution in [0.2, 0.25) is 0 Å². The summed E-state index contributed by atoms with van der Waals surface area (Å²) in [6.45, 7) is 4.11. The number of aromatic hydroxyl groups is 1. The molecule has 4 nitrogen and oxygen atoms in total. The number of hydrogen-bond donors (Lipinski definition) is 2. The minimum Gasteiger partial charge on any atom is -0.507 e. The molecule has 0 saturated carbocycles. The molecule has 3 rings (SSSR count). The van der Waals surface area contributed by atoms with Crippen molar-refractivity contribution >= 4 is 39.1 Å². The van der Waals surface area contributed by atoms with Gasteiger partial charge >= 0.3 is 0 Å². The summed E-state index contributed by atoms with van der Waals surface area (Å²) in [6.07, 6.45) is 0. The second-order valence-electron chi connectivity index (χ2n) is 4.74. The van der Waals surface area contributed by atoms with Crippen molar-refractivity contribution in [3.63, 3.8) is 0 Å². The van der Waals surface area contributed by atoms with Crippen LogP contribution in [-0.2, 0) is 5.75 Å². The zero-order valence-corrected chi connectivity index (χ0v) is 13.4. The smallest absolute Gasteiger partial charge is 0.142 e. The lowest BCUT2D eigenvalue weighted by molar-refractivity contribution is 0.462. The van der Waals surface area contributed by atoms with Crippen LogP contribution in [0.15, 0.2) is 29.2 Å². The van der Waals surface area contributed by atoms with Gasteiger partial charge in [-0.2, -0.15) is 0 Å². The summed E-state index contributed by atoms with van der Waals surface area (Å²) in [5.41, 5.74) is 7.23. The SMILES string of the molecule is Cc1sc2nc(CSc3ccccc3O)nc(N)c2c1C. The van der Waals surface area contributed by atoms with E-state index in [4.69, 9.17) is 5.73 Å². The Kier molecular flexibility index (Phi) is 3.73. The quantitative estimate of drug-likeness (QED) is 0.717. The molecule has 0 bridgehead atoms. The molecule has 108 valence electrons. The van der Waals surface area contributed by atoms with Gasteiger partial charge < -0.3 is 10.8 Å². The molecule has 0 aliphatic heterocycles. The van der Waals surface area contributed by atoms with Crippen LogP contribution in [-0.4, -0.2) is 15.1 Å². The van der Waals surface area contributed by atoms with E-state index in [1.54, 1.807) is 23.5 Å². The van der Waals surface area contributed by atoms with Crippen molar-refractivity contribution in [3.05, 3.63) is 40.5 Å². The summed E-state index contributed by atoms with van der Waals surface area (Å²) in [7, 11) is 0. The molecule has 0 amide bonds. The van der Waals surface area contributed by atoms with Crippen molar-refractivity contribution in [1.29, 1.82) is 0 Å². The Labute approximate surface area is 131 Å². The molecule has 1 aromatic carbocycles. The second kappa shape index (κ2) is 5.54. The van der Waals surface area contributed by atoms with Gasteiger partial charge in [0.2, 0.25) is 0 Å². The van der Waals surface area contributed by atoms with Crippen molar-refractivity contribution in [2.45, 2.75) is 24.5 Å². The molecule has 2 aromatic heterocycles. The molecular weight excluding hydrogens is 302 g/mol. The normalized spacial score (nSPS) is 11.1. The van der Waals surface area contributed by atoms with E-state index in [1.165, 1.54) is 16.6 Å². The number of nitrogens with zero attached hydrogens (tertiary/aromatic N) is 2. The van der Waals surface area contributed by atoms with E-state index in [0.29, 0.717) is 17.4 Å². The van der Waals surface area contributed by atoms with Crippen LogP contribution in [0, 0.1) is 13.8 Å². The fourth-order valence-corrected chi connectivity index (χ4v) is 3.97. The van der Waals surface area contributed by atoms with Gasteiger partial charge in [0, 0.05) is 9.77 Å². The first kappa shape index (κ1) is 14.2. The summed E-state index contributed by atoms with van der Waals surface area (Å²) in [5.74, 6) is 2.08. The third-order valence-corrected chi connectivity index (χ3v) is 5.48. The number of phenolic OH excluding ortho intramolecular Hbond substituents is 1. The predicted octanol–water partition coefficient (Wildman–Crippen LogP) is 3.89. The molecule has 21 heavy (non-hydrogen) atoms. The first-order valence-corrected chi connectivity index (χ1v) is 8.29. The molecule has 0 aliphatic carbocycles. The zero-order chi connectivity index (χ0) is 15.0. The molecule has 0 spiro atoms. The summed E-state index contributed by atoms with van der Waals surface area (Å²) in [5, 5.41) is 10.7. The molecule has 0 fully saturated rings. The monoisotopic (exact) mass is 317 g/mol. The average molecular weight is 317 g/mol. The maximum Gasteiger partial charge on any atom is 0.142 e. The fraction of sp³-hybridized carbons (Fsp3) is 0.200. The molecule has 6 heteroatoms. The Balaban J connectivity index is 1.90. The number of thioether (sulfide) groups is 1. The Morgan fingerprint density at radius 1 is 1.24 bits per heavy atom. The highest BCUT2D eigenvalue weighted by molar-refractivity contribution is 7.98. The van der Waals surface area contributed by atoms with Crippen LogP contribution in [0.5, 0.6) is 5.75 Å². The van der Waals surface area contributed by atoms with Gasteiger partial charge in [0.1, 0.15) is 22.2 Å². The maximum absolute atomic E-state index is 9.77. The number of hydrogen-bond acceptors (Lipinski definition) is 6. The fourth-order valence-electron chi connectivity index (χ4n) is 2.11. The highest BCUT2D eigenvalue weighted by atomic mass is 32.2. The number of benzene rings is 1. The number of aromatic nitrogens is 2. The Morgan fingerprint density at radius 2 is 2.00 bits per heavy atom. The van der Waals surface area contributed by atoms with Crippen LogP contribution in [0.25, 0.3) is 10.2 Å². The van der Waals surface area contributed by atoms with Gasteiger partial charge in [-0.05, 0) is 31.5 Å². The van der Waals surface area contributed by atoms with Gasteiger partial charge in [-0.15, -0.1) is 23.1 Å². The summed E-state index contributed by atoms with van der Waals surface area (Å²) in [4.78, 5) is 12.0. The first-order chi connectivity index (χ1) is 10.1. The molecule has 0 atom stereocenters. The summed E-state index contributed by atoms with van der Waals surface area (Å²) < 4.78 is 0. The number of para-hydroxylation sites is 1. The second-order valence-corrected chi connectivity index (χ2v) is 6.97. The number of phenols is 1. The van der Waals surface area contributed by atoms with Crippen molar-refractivity contribution in [3.8, 4) is 5.75 Å². The van der Waals surface area contributed by atoms with E-state index in [0.717, 1.165) is 20.7 Å². The molecule has 0 unspecified atom stereocenters. The number of nitrogen functional groups attached to an aromatic ring is 1. The highest BCUT2D eigenvalue weighted by Crippen LogP contribution is 2.34. The van der Waals surface area contributed by atoms with Gasteiger partial charge in [-0.25, -0.2) is 9.97 Å². The number of thiophene rings is 1. The van der Waals surface area contributed by atoms with E-state index in [-0.39, 0.29) is 5.75 Å². The van der Waals surface area contributed by atoms with E-state index in [2.05, 4.69) is 16.9 Å². The number of anilines is 1. The van der Waals surface area contributed by atoms with Gasteiger partial charge in [0.25, 0.3) is 0 Å². The van der Waals surface area contributed by atoms with Crippen molar-refractivity contribution in [1.82, 2.24) is 9.97 Å². The lowest BCUT2D eigenvalue weighted by Gasteiger charge is -2.05. The van der Waals surface area contributed by atoms with E-state index >= 15 is 0 Å². The van der Waals surface area contributed by atoms with Crippen molar-refractivity contribution in [2.24, 2.45) is 0 Å². The van der Waals surface area contributed by atoms with Crippen LogP contribution >= 0.6 is 23.1 Å². The van der Waals surface area contributed by atoms with Crippen molar-refractivity contribution < 1.29 is 5.11 Å². The lowest BCUT2D eigenvalue weighted by atomic mass is 10.2.